The number of nitrogens with zero attached hydrogens (tertiary/aromatic N) is 1. The zero-order valence-electron chi connectivity index (χ0n) is 15.8. The quantitative estimate of drug-likeness (QED) is 0.867. The molecule has 142 valence electrons. The van der Waals surface area contributed by atoms with Gasteiger partial charge in [0.15, 0.2) is 11.4 Å². The van der Waals surface area contributed by atoms with Crippen LogP contribution < -0.4 is 0 Å². The van der Waals surface area contributed by atoms with Gasteiger partial charge in [-0.15, -0.1) is 0 Å². The molecule has 28 heavy (non-hydrogen) atoms. The van der Waals surface area contributed by atoms with Gasteiger partial charge < -0.3 is 14.7 Å². The molecule has 1 aliphatic heterocycles. The van der Waals surface area contributed by atoms with Crippen LogP contribution in [-0.4, -0.2) is 41.0 Å². The standard InChI is InChI=1S/C23H21NO4/c1-15(25)23(28-2)10-9-19-20(22(26)27)14-24(21(19)12-23)13-16-7-8-17-5-3-4-6-18(17)11-16/h3-12H,13-14H2,1-2H3,(H,26,27). The number of fused-ring (bicyclic) bond motifs is 2. The summed E-state index contributed by atoms with van der Waals surface area (Å²) in [6, 6.07) is 14.4. The first-order valence-electron chi connectivity index (χ1n) is 9.11. The van der Waals surface area contributed by atoms with Gasteiger partial charge in [-0.25, -0.2) is 4.79 Å². The summed E-state index contributed by atoms with van der Waals surface area (Å²) < 4.78 is 5.49. The van der Waals surface area contributed by atoms with Crippen LogP contribution in [0.4, 0.5) is 0 Å². The number of carbonyl (C=O) groups excluding carboxylic acids is 1. The summed E-state index contributed by atoms with van der Waals surface area (Å²) in [6.45, 7) is 2.30. The van der Waals surface area contributed by atoms with Crippen LogP contribution in [0.1, 0.15) is 12.5 Å². The first-order chi connectivity index (χ1) is 13.4. The van der Waals surface area contributed by atoms with Crippen LogP contribution in [0.25, 0.3) is 10.8 Å². The Morgan fingerprint density at radius 3 is 2.61 bits per heavy atom. The molecule has 1 atom stereocenters. The zero-order valence-corrected chi connectivity index (χ0v) is 15.8. The molecule has 5 nitrogen and oxygen atoms in total. The number of ether oxygens (including phenoxy) is 1. The van der Waals surface area contributed by atoms with E-state index in [4.69, 9.17) is 4.74 Å². The molecule has 2 aromatic rings. The third kappa shape index (κ3) is 2.94. The Morgan fingerprint density at radius 2 is 1.93 bits per heavy atom. The number of carbonyl (C=O) groups is 2. The van der Waals surface area contributed by atoms with Crippen molar-refractivity contribution < 1.29 is 19.4 Å². The number of carboxylic acid groups (broad SMARTS) is 1. The van der Waals surface area contributed by atoms with Gasteiger partial charge in [-0.2, -0.15) is 0 Å². The van der Waals surface area contributed by atoms with Gasteiger partial charge in [-0.05, 0) is 41.5 Å². The summed E-state index contributed by atoms with van der Waals surface area (Å²) in [7, 11) is 1.48. The Labute approximate surface area is 163 Å². The van der Waals surface area contributed by atoms with Crippen molar-refractivity contribution in [3.63, 3.8) is 0 Å². The van der Waals surface area contributed by atoms with E-state index in [-0.39, 0.29) is 12.3 Å². The molecule has 0 bridgehead atoms. The largest absolute Gasteiger partial charge is 0.478 e. The van der Waals surface area contributed by atoms with Crippen LogP contribution in [0.15, 0.2) is 77.5 Å². The van der Waals surface area contributed by atoms with E-state index in [9.17, 15) is 14.7 Å². The molecule has 0 amide bonds. The van der Waals surface area contributed by atoms with Crippen LogP contribution in [0.2, 0.25) is 0 Å². The fourth-order valence-corrected chi connectivity index (χ4v) is 3.87. The Morgan fingerprint density at radius 1 is 1.18 bits per heavy atom. The number of benzene rings is 2. The Bertz CT molecular complexity index is 1080. The normalized spacial score (nSPS) is 21.1. The average Bonchev–Trinajstić information content (AvgIpc) is 3.05. The number of methoxy groups -OCH3 is 1. The summed E-state index contributed by atoms with van der Waals surface area (Å²) in [5, 5.41) is 11.9. The Hall–Kier alpha value is -3.18. The number of ketones is 1. The van der Waals surface area contributed by atoms with Gasteiger partial charge in [0.05, 0.1) is 12.1 Å². The van der Waals surface area contributed by atoms with Crippen molar-refractivity contribution in [1.82, 2.24) is 4.90 Å². The lowest BCUT2D eigenvalue weighted by molar-refractivity contribution is -0.132. The highest BCUT2D eigenvalue weighted by molar-refractivity contribution is 5.94. The third-order valence-electron chi connectivity index (χ3n) is 5.47. The van der Waals surface area contributed by atoms with Crippen molar-refractivity contribution >= 4 is 22.5 Å². The summed E-state index contributed by atoms with van der Waals surface area (Å²) in [4.78, 5) is 25.9. The van der Waals surface area contributed by atoms with E-state index >= 15 is 0 Å². The molecule has 4 rings (SSSR count). The second kappa shape index (κ2) is 6.77. The van der Waals surface area contributed by atoms with E-state index in [0.717, 1.165) is 22.0 Å². The highest BCUT2D eigenvalue weighted by Crippen LogP contribution is 2.37. The fraction of sp³-hybridized carbons (Fsp3) is 0.217. The molecule has 0 aromatic heterocycles. The van der Waals surface area contributed by atoms with E-state index in [1.807, 2.05) is 17.0 Å². The monoisotopic (exact) mass is 375 g/mol. The molecule has 0 spiro atoms. The van der Waals surface area contributed by atoms with Crippen molar-refractivity contribution in [2.45, 2.75) is 19.1 Å². The summed E-state index contributed by atoms with van der Waals surface area (Å²) in [5.74, 6) is -1.09. The van der Waals surface area contributed by atoms with E-state index in [0.29, 0.717) is 17.7 Å². The lowest BCUT2D eigenvalue weighted by Gasteiger charge is -2.30. The van der Waals surface area contributed by atoms with Crippen molar-refractivity contribution in [1.29, 1.82) is 0 Å². The van der Waals surface area contributed by atoms with Crippen LogP contribution in [0.5, 0.6) is 0 Å². The highest BCUT2D eigenvalue weighted by Gasteiger charge is 2.39. The summed E-state index contributed by atoms with van der Waals surface area (Å²) in [6.07, 6.45) is 5.07. The summed E-state index contributed by atoms with van der Waals surface area (Å²) >= 11 is 0. The van der Waals surface area contributed by atoms with Crippen molar-refractivity contribution in [2.75, 3.05) is 13.7 Å². The first kappa shape index (κ1) is 18.2. The van der Waals surface area contributed by atoms with Gasteiger partial charge in [0.1, 0.15) is 0 Å². The SMILES string of the molecule is COC1(C(C)=O)C=CC2=C(C(=O)O)CN(Cc3ccc4ccccc4c3)C2=C1. The van der Waals surface area contributed by atoms with Gasteiger partial charge >= 0.3 is 5.97 Å². The van der Waals surface area contributed by atoms with Gasteiger partial charge in [0.2, 0.25) is 0 Å². The van der Waals surface area contributed by atoms with Crippen LogP contribution in [-0.2, 0) is 20.9 Å². The van der Waals surface area contributed by atoms with Crippen molar-refractivity contribution in [2.24, 2.45) is 0 Å². The molecule has 1 unspecified atom stereocenters. The fourth-order valence-electron chi connectivity index (χ4n) is 3.87. The molecule has 0 saturated carbocycles. The van der Waals surface area contributed by atoms with Crippen LogP contribution >= 0.6 is 0 Å². The molecule has 0 fully saturated rings. The molecule has 5 heteroatoms. The number of hydrogen-bond acceptors (Lipinski definition) is 4. The number of rotatable bonds is 5. The average molecular weight is 375 g/mol. The minimum atomic E-state index is -1.16. The molecule has 1 aliphatic carbocycles. The maximum absolute atomic E-state index is 12.2. The van der Waals surface area contributed by atoms with Crippen molar-refractivity contribution in [3.8, 4) is 0 Å². The van der Waals surface area contributed by atoms with E-state index in [1.54, 1.807) is 18.2 Å². The Balaban J connectivity index is 1.73. The smallest absolute Gasteiger partial charge is 0.334 e. The molecule has 1 heterocycles. The number of allylic oxidation sites excluding steroid dienone is 1. The minimum Gasteiger partial charge on any atom is -0.478 e. The second-order valence-electron chi connectivity index (χ2n) is 7.15. The lowest BCUT2D eigenvalue weighted by Crippen LogP contribution is -2.38. The zero-order chi connectivity index (χ0) is 19.9. The molecular weight excluding hydrogens is 354 g/mol. The van der Waals surface area contributed by atoms with Gasteiger partial charge in [0.25, 0.3) is 0 Å². The minimum absolute atomic E-state index is 0.146. The number of hydrogen-bond donors (Lipinski definition) is 1. The Kier molecular flexibility index (Phi) is 4.40. The molecular formula is C23H21NO4. The van der Waals surface area contributed by atoms with Gasteiger partial charge in [-0.3, -0.25) is 4.79 Å². The topological polar surface area (TPSA) is 66.8 Å². The van der Waals surface area contributed by atoms with Crippen molar-refractivity contribution in [3.05, 3.63) is 83.1 Å². The predicted molar refractivity (Wildman–Crippen MR) is 107 cm³/mol. The molecule has 2 aromatic carbocycles. The van der Waals surface area contributed by atoms with E-state index in [2.05, 4.69) is 30.3 Å². The predicted octanol–water partition coefficient (Wildman–Crippen LogP) is 3.46. The molecule has 1 N–H and O–H groups in total. The third-order valence-corrected chi connectivity index (χ3v) is 5.47. The van der Waals surface area contributed by atoms with Crippen LogP contribution in [0.3, 0.4) is 0 Å². The number of aliphatic carboxylic acids is 1. The second-order valence-corrected chi connectivity index (χ2v) is 7.15. The number of Topliss-reactive ketones (excluding diaryl/α,β-unsaturated/α-hetero) is 1. The van der Waals surface area contributed by atoms with E-state index < -0.39 is 11.6 Å². The van der Waals surface area contributed by atoms with Crippen LogP contribution in [0, 0.1) is 0 Å². The highest BCUT2D eigenvalue weighted by atomic mass is 16.5. The maximum Gasteiger partial charge on any atom is 0.334 e. The maximum atomic E-state index is 12.2. The lowest BCUT2D eigenvalue weighted by atomic mass is 9.89. The van der Waals surface area contributed by atoms with E-state index in [1.165, 1.54) is 14.0 Å². The molecule has 2 aliphatic rings. The first-order valence-corrected chi connectivity index (χ1v) is 9.11. The van der Waals surface area contributed by atoms with Gasteiger partial charge in [0, 0.05) is 24.9 Å². The van der Waals surface area contributed by atoms with Gasteiger partial charge in [-0.1, -0.05) is 42.5 Å². The molecule has 0 radical (unpaired) electrons. The molecule has 0 saturated heterocycles. The number of carboxylic acids is 1. The summed E-state index contributed by atoms with van der Waals surface area (Å²) in [5.41, 5.74) is 1.61.